The zero-order valence-corrected chi connectivity index (χ0v) is 15.6. The molecule has 0 saturated carbocycles. The van der Waals surface area contributed by atoms with E-state index in [0.29, 0.717) is 36.2 Å². The molecule has 1 N–H and O–H groups in total. The predicted molar refractivity (Wildman–Crippen MR) is 95.0 cm³/mol. The average Bonchev–Trinajstić information content (AvgIpc) is 3.07. The molecule has 0 aliphatic carbocycles. The van der Waals surface area contributed by atoms with Crippen molar-refractivity contribution in [1.82, 2.24) is 0 Å². The van der Waals surface area contributed by atoms with Crippen LogP contribution in [0.25, 0.3) is 0 Å². The van der Waals surface area contributed by atoms with Gasteiger partial charge in [-0.15, -0.1) is 0 Å². The van der Waals surface area contributed by atoms with Crippen molar-refractivity contribution in [2.24, 2.45) is 0 Å². The van der Waals surface area contributed by atoms with Crippen LogP contribution in [0.4, 0.5) is 32.0 Å². The van der Waals surface area contributed by atoms with E-state index in [1.54, 1.807) is 18.2 Å². The fourth-order valence-corrected chi connectivity index (χ4v) is 3.44. The molecule has 0 bridgehead atoms. The number of rotatable bonds is 4. The van der Waals surface area contributed by atoms with Crippen LogP contribution < -0.4 is 4.90 Å². The summed E-state index contributed by atoms with van der Waals surface area (Å²) < 4.78 is 82.6. The summed E-state index contributed by atoms with van der Waals surface area (Å²) >= 11 is 0. The van der Waals surface area contributed by atoms with Crippen LogP contribution in [-0.2, 0) is 23.3 Å². The summed E-state index contributed by atoms with van der Waals surface area (Å²) in [6, 6.07) is 8.50. The molecule has 0 atom stereocenters. The molecule has 10 heteroatoms. The number of hydrogen-bond donors (Lipinski definition) is 1. The van der Waals surface area contributed by atoms with Crippen molar-refractivity contribution in [3.05, 3.63) is 64.7 Å². The zero-order valence-electron chi connectivity index (χ0n) is 15.6. The lowest BCUT2D eigenvalue weighted by molar-refractivity contribution is -0.376. The Balaban J connectivity index is 1.82. The number of carbonyl (C=O) groups excluding carboxylic acids is 1. The number of anilines is 1. The number of halogens is 6. The largest absolute Gasteiger partial charge is 0.465 e. The monoisotopic (exact) mass is 433 g/mol. The Bertz CT molecular complexity index is 923. The van der Waals surface area contributed by atoms with Crippen molar-refractivity contribution in [2.75, 3.05) is 18.6 Å². The minimum absolute atomic E-state index is 0.237. The molecule has 2 aromatic rings. The third kappa shape index (κ3) is 3.71. The molecule has 0 unspecified atom stereocenters. The number of alkyl halides is 6. The van der Waals surface area contributed by atoms with Gasteiger partial charge in [-0.2, -0.15) is 26.3 Å². The zero-order chi connectivity index (χ0) is 22.3. The highest BCUT2D eigenvalue weighted by Crippen LogP contribution is 2.50. The fraction of sp³-hybridized carbons (Fsp3) is 0.350. The fourth-order valence-electron chi connectivity index (χ4n) is 3.44. The maximum absolute atomic E-state index is 13.0. The van der Waals surface area contributed by atoms with Crippen molar-refractivity contribution >= 4 is 11.7 Å². The molecule has 162 valence electrons. The van der Waals surface area contributed by atoms with Crippen molar-refractivity contribution in [1.29, 1.82) is 0 Å². The lowest BCUT2D eigenvalue weighted by Gasteiger charge is -2.32. The van der Waals surface area contributed by atoms with Crippen molar-refractivity contribution in [3.8, 4) is 0 Å². The smallest absolute Gasteiger partial charge is 0.430 e. The van der Waals surface area contributed by atoms with Crippen LogP contribution in [0, 0.1) is 0 Å². The lowest BCUT2D eigenvalue weighted by atomic mass is 9.91. The van der Waals surface area contributed by atoms with Gasteiger partial charge in [0.1, 0.15) is 0 Å². The lowest BCUT2D eigenvalue weighted by Crippen LogP contribution is -2.53. The van der Waals surface area contributed by atoms with Crippen LogP contribution in [0.5, 0.6) is 0 Å². The van der Waals surface area contributed by atoms with E-state index in [1.807, 2.05) is 4.90 Å². The maximum Gasteiger partial charge on any atom is 0.430 e. The number of carbonyl (C=O) groups is 1. The Morgan fingerprint density at radius 2 is 1.63 bits per heavy atom. The molecule has 0 fully saturated rings. The van der Waals surface area contributed by atoms with Gasteiger partial charge in [0.15, 0.2) is 0 Å². The first-order valence-corrected chi connectivity index (χ1v) is 8.80. The van der Waals surface area contributed by atoms with E-state index in [1.165, 1.54) is 7.11 Å². The summed E-state index contributed by atoms with van der Waals surface area (Å²) in [4.78, 5) is 13.5. The third-order valence-corrected chi connectivity index (χ3v) is 5.06. The van der Waals surface area contributed by atoms with Gasteiger partial charge >= 0.3 is 18.3 Å². The number of hydrogen-bond acceptors (Lipinski definition) is 4. The highest BCUT2D eigenvalue weighted by Gasteiger charge is 2.71. The third-order valence-electron chi connectivity index (χ3n) is 5.06. The van der Waals surface area contributed by atoms with E-state index in [4.69, 9.17) is 0 Å². The SMILES string of the molecule is COC(=O)c1ccc2c(c1)CCN2Cc1ccc(C(O)(C(F)(F)F)C(F)(F)F)cc1. The van der Waals surface area contributed by atoms with Crippen molar-refractivity contribution in [2.45, 2.75) is 30.9 Å². The minimum atomic E-state index is -5.92. The highest BCUT2D eigenvalue weighted by molar-refractivity contribution is 5.90. The Morgan fingerprint density at radius 1 is 1.03 bits per heavy atom. The van der Waals surface area contributed by atoms with Crippen LogP contribution in [0.1, 0.15) is 27.0 Å². The number of ether oxygens (including phenoxy) is 1. The van der Waals surface area contributed by atoms with E-state index >= 15 is 0 Å². The molecule has 0 amide bonds. The minimum Gasteiger partial charge on any atom is -0.465 e. The molecule has 1 aliphatic rings. The van der Waals surface area contributed by atoms with Crippen LogP contribution in [-0.4, -0.2) is 37.1 Å². The van der Waals surface area contributed by atoms with Crippen molar-refractivity contribution < 1.29 is 41.0 Å². The molecular weight excluding hydrogens is 416 g/mol. The quantitative estimate of drug-likeness (QED) is 0.576. The molecule has 1 heterocycles. The summed E-state index contributed by atoms with van der Waals surface area (Å²) in [6.45, 7) is 0.804. The van der Waals surface area contributed by atoms with Gasteiger partial charge in [0.05, 0.1) is 12.7 Å². The van der Waals surface area contributed by atoms with Gasteiger partial charge in [0.2, 0.25) is 0 Å². The normalized spacial score (nSPS) is 14.6. The first-order valence-electron chi connectivity index (χ1n) is 8.80. The summed E-state index contributed by atoms with van der Waals surface area (Å²) in [7, 11) is 1.27. The summed E-state index contributed by atoms with van der Waals surface area (Å²) in [5.41, 5.74) is -3.68. The molecule has 0 saturated heterocycles. The van der Waals surface area contributed by atoms with Crippen molar-refractivity contribution in [3.63, 3.8) is 0 Å². The summed E-state index contributed by atoms with van der Waals surface area (Å²) in [5, 5.41) is 9.45. The van der Waals surface area contributed by atoms with Gasteiger partial charge in [-0.25, -0.2) is 4.79 Å². The second kappa shape index (κ2) is 7.50. The average molecular weight is 433 g/mol. The first-order chi connectivity index (χ1) is 13.9. The molecule has 4 nitrogen and oxygen atoms in total. The molecule has 0 spiro atoms. The van der Waals surface area contributed by atoms with Gasteiger partial charge in [-0.3, -0.25) is 0 Å². The standard InChI is InChI=1S/C20H17F6NO3/c1-30-17(28)14-4-7-16-13(10-14)8-9-27(16)11-12-2-5-15(6-3-12)18(29,19(21,22)23)20(24,25)26/h2-7,10,29H,8-9,11H2,1H3. The molecule has 3 rings (SSSR count). The second-order valence-electron chi connectivity index (χ2n) is 6.91. The highest BCUT2D eigenvalue weighted by atomic mass is 19.4. The van der Waals surface area contributed by atoms with E-state index in [2.05, 4.69) is 4.74 Å². The van der Waals surface area contributed by atoms with Gasteiger partial charge in [-0.1, -0.05) is 24.3 Å². The predicted octanol–water partition coefficient (Wildman–Crippen LogP) is 4.35. The maximum atomic E-state index is 13.0. The van der Waals surface area contributed by atoms with Gasteiger partial charge < -0.3 is 14.7 Å². The molecule has 2 aromatic carbocycles. The van der Waals surface area contributed by atoms with Crippen LogP contribution in [0.3, 0.4) is 0 Å². The number of aliphatic hydroxyl groups is 1. The Morgan fingerprint density at radius 3 is 2.17 bits per heavy atom. The molecule has 0 radical (unpaired) electrons. The van der Waals surface area contributed by atoms with E-state index < -0.39 is 29.5 Å². The number of methoxy groups -OCH3 is 1. The summed E-state index contributed by atoms with van der Waals surface area (Å²) in [6.07, 6.45) is -11.2. The Labute approximate surface area is 167 Å². The number of benzene rings is 2. The number of fused-ring (bicyclic) bond motifs is 1. The van der Waals surface area contributed by atoms with E-state index in [-0.39, 0.29) is 6.54 Å². The van der Waals surface area contributed by atoms with Crippen LogP contribution in [0.15, 0.2) is 42.5 Å². The van der Waals surface area contributed by atoms with E-state index in [9.17, 15) is 36.2 Å². The van der Waals surface area contributed by atoms with Gasteiger partial charge in [-0.05, 0) is 35.7 Å². The van der Waals surface area contributed by atoms with Crippen LogP contribution in [0.2, 0.25) is 0 Å². The molecular formula is C20H17F6NO3. The number of nitrogens with zero attached hydrogens (tertiary/aromatic N) is 1. The first kappa shape index (κ1) is 21.9. The van der Waals surface area contributed by atoms with Gasteiger partial charge in [0.25, 0.3) is 5.60 Å². The Kier molecular flexibility index (Phi) is 5.48. The second-order valence-corrected chi connectivity index (χ2v) is 6.91. The number of esters is 1. The molecule has 1 aliphatic heterocycles. The summed E-state index contributed by atoms with van der Waals surface area (Å²) in [5.74, 6) is -0.478. The topological polar surface area (TPSA) is 49.8 Å². The van der Waals surface area contributed by atoms with Crippen LogP contribution >= 0.6 is 0 Å². The Hall–Kier alpha value is -2.75. The molecule has 30 heavy (non-hydrogen) atoms. The molecule has 0 aromatic heterocycles. The van der Waals surface area contributed by atoms with Gasteiger partial charge in [0, 0.05) is 24.3 Å². The van der Waals surface area contributed by atoms with E-state index in [0.717, 1.165) is 23.4 Å².